The van der Waals surface area contributed by atoms with Gasteiger partial charge in [0.1, 0.15) is 11.5 Å². The molecule has 0 fully saturated rings. The number of rotatable bonds is 6. The van der Waals surface area contributed by atoms with Crippen LogP contribution in [0.3, 0.4) is 0 Å². The Bertz CT molecular complexity index is 1880. The Morgan fingerprint density at radius 1 is 1.05 bits per heavy atom. The summed E-state index contributed by atoms with van der Waals surface area (Å²) in [4.78, 5) is 44.3. The van der Waals surface area contributed by atoms with E-state index in [4.69, 9.17) is 37.1 Å². The van der Waals surface area contributed by atoms with E-state index in [1.165, 1.54) is 23.0 Å². The summed E-state index contributed by atoms with van der Waals surface area (Å²) in [7, 11) is 1.29. The fourth-order valence-electron chi connectivity index (χ4n) is 4.53. The summed E-state index contributed by atoms with van der Waals surface area (Å²) in [6.07, 6.45) is 1.24. The molecule has 0 spiro atoms. The summed E-state index contributed by atoms with van der Waals surface area (Å²) in [6.45, 7) is 5.24. The molecule has 5 rings (SSSR count). The molecule has 0 saturated carbocycles. The van der Waals surface area contributed by atoms with Gasteiger partial charge in [-0.25, -0.2) is 14.6 Å². The Hall–Kier alpha value is -3.92. The van der Waals surface area contributed by atoms with Crippen molar-refractivity contribution in [1.29, 1.82) is 0 Å². The summed E-state index contributed by atoms with van der Waals surface area (Å²) >= 11 is 13.5. The van der Waals surface area contributed by atoms with Crippen LogP contribution in [-0.2, 0) is 14.3 Å². The van der Waals surface area contributed by atoms with Crippen LogP contribution >= 0.6 is 34.5 Å². The van der Waals surface area contributed by atoms with Crippen LogP contribution in [-0.4, -0.2) is 29.7 Å². The minimum absolute atomic E-state index is 0.275. The van der Waals surface area contributed by atoms with Gasteiger partial charge in [0.25, 0.3) is 5.56 Å². The maximum absolute atomic E-state index is 13.8. The highest BCUT2D eigenvalue weighted by Gasteiger charge is 2.33. The largest absolute Gasteiger partial charge is 0.465 e. The van der Waals surface area contributed by atoms with Gasteiger partial charge in [0.2, 0.25) is 0 Å². The van der Waals surface area contributed by atoms with E-state index in [0.717, 1.165) is 0 Å². The number of benzene rings is 2. The molecule has 210 valence electrons. The molecule has 0 bridgehead atoms. The number of hydrogen-bond acceptors (Lipinski definition) is 8. The van der Waals surface area contributed by atoms with Crippen molar-refractivity contribution >= 4 is 52.6 Å². The number of fused-ring (bicyclic) bond motifs is 1. The number of aromatic nitrogens is 1. The maximum atomic E-state index is 13.8. The molecule has 0 saturated heterocycles. The number of halogens is 2. The maximum Gasteiger partial charge on any atom is 0.338 e. The first-order valence-corrected chi connectivity index (χ1v) is 14.1. The molecule has 3 heterocycles. The lowest BCUT2D eigenvalue weighted by Gasteiger charge is -2.25. The zero-order valence-corrected chi connectivity index (χ0v) is 24.8. The third kappa shape index (κ3) is 5.66. The van der Waals surface area contributed by atoms with Crippen molar-refractivity contribution in [2.75, 3.05) is 7.11 Å². The minimum Gasteiger partial charge on any atom is -0.465 e. The Morgan fingerprint density at radius 3 is 2.44 bits per heavy atom. The summed E-state index contributed by atoms with van der Waals surface area (Å²) in [5, 5.41) is 0.945. The van der Waals surface area contributed by atoms with Gasteiger partial charge in [0.05, 0.1) is 40.6 Å². The van der Waals surface area contributed by atoms with E-state index in [0.29, 0.717) is 47.7 Å². The summed E-state index contributed by atoms with van der Waals surface area (Å²) < 4.78 is 18.2. The molecule has 0 amide bonds. The lowest BCUT2D eigenvalue weighted by atomic mass is 9.96. The first-order chi connectivity index (χ1) is 19.6. The van der Waals surface area contributed by atoms with Crippen LogP contribution in [0.15, 0.2) is 80.1 Å². The highest BCUT2D eigenvalue weighted by atomic mass is 35.5. The molecule has 11 heteroatoms. The van der Waals surface area contributed by atoms with Gasteiger partial charge < -0.3 is 13.9 Å². The Morgan fingerprint density at radius 2 is 1.76 bits per heavy atom. The van der Waals surface area contributed by atoms with Crippen LogP contribution in [0, 0.1) is 0 Å². The lowest BCUT2D eigenvalue weighted by Crippen LogP contribution is -2.40. The molecule has 4 aromatic rings. The molecular formula is C30H24Cl2N2O6S. The molecule has 0 unspecified atom stereocenters. The first kappa shape index (κ1) is 28.6. The molecule has 41 heavy (non-hydrogen) atoms. The average Bonchev–Trinajstić information content (AvgIpc) is 3.51. The number of ether oxygens (including phenoxy) is 2. The molecule has 1 aliphatic rings. The fraction of sp³-hybridized carbons (Fsp3) is 0.200. The predicted molar refractivity (Wildman–Crippen MR) is 157 cm³/mol. The molecule has 2 aromatic heterocycles. The van der Waals surface area contributed by atoms with E-state index in [9.17, 15) is 14.4 Å². The van der Waals surface area contributed by atoms with Crippen molar-refractivity contribution < 1.29 is 23.5 Å². The number of thiazole rings is 1. The van der Waals surface area contributed by atoms with Crippen molar-refractivity contribution in [3.8, 4) is 11.3 Å². The molecule has 1 atom stereocenters. The van der Waals surface area contributed by atoms with E-state index in [2.05, 4.69) is 4.99 Å². The van der Waals surface area contributed by atoms with E-state index in [1.54, 1.807) is 81.4 Å². The van der Waals surface area contributed by atoms with Crippen molar-refractivity contribution in [1.82, 2.24) is 4.57 Å². The first-order valence-electron chi connectivity index (χ1n) is 12.5. The highest BCUT2D eigenvalue weighted by molar-refractivity contribution is 7.07. The van der Waals surface area contributed by atoms with Gasteiger partial charge in [-0.05, 0) is 68.8 Å². The summed E-state index contributed by atoms with van der Waals surface area (Å²) in [5.74, 6) is -0.332. The number of hydrogen-bond donors (Lipinski definition) is 0. The van der Waals surface area contributed by atoms with Crippen molar-refractivity contribution in [3.63, 3.8) is 0 Å². The number of methoxy groups -OCH3 is 1. The molecule has 0 N–H and O–H groups in total. The van der Waals surface area contributed by atoms with Gasteiger partial charge in [0, 0.05) is 21.7 Å². The smallest absolute Gasteiger partial charge is 0.338 e. The van der Waals surface area contributed by atoms with Gasteiger partial charge in [-0.15, -0.1) is 0 Å². The minimum atomic E-state index is -0.766. The monoisotopic (exact) mass is 610 g/mol. The van der Waals surface area contributed by atoms with Crippen molar-refractivity contribution in [2.24, 2.45) is 4.99 Å². The average molecular weight is 612 g/mol. The Labute approximate surface area is 248 Å². The van der Waals surface area contributed by atoms with Gasteiger partial charge in [-0.2, -0.15) is 0 Å². The summed E-state index contributed by atoms with van der Waals surface area (Å²) in [6, 6.07) is 14.3. The third-order valence-electron chi connectivity index (χ3n) is 6.32. The van der Waals surface area contributed by atoms with Crippen LogP contribution in [0.5, 0.6) is 0 Å². The molecule has 2 aromatic carbocycles. The number of furan rings is 1. The number of carbonyl (C=O) groups is 2. The number of carbonyl (C=O) groups excluding carboxylic acids is 2. The fourth-order valence-corrected chi connectivity index (χ4v) is 5.86. The zero-order valence-electron chi connectivity index (χ0n) is 22.4. The van der Waals surface area contributed by atoms with Gasteiger partial charge in [-0.1, -0.05) is 46.7 Å². The molecule has 8 nitrogen and oxygen atoms in total. The van der Waals surface area contributed by atoms with Crippen molar-refractivity contribution in [2.45, 2.75) is 32.9 Å². The quantitative estimate of drug-likeness (QED) is 0.266. The molecule has 0 aliphatic carbocycles. The SMILES string of the molecule is COC(=O)c1ccc(Cl)cc1-c1ccc(/C=c2/sc3n(c2=O)[C@@H](c2ccc(Cl)cc2)C(C(=O)OC(C)C)=C(C)N=3)o1. The standard InChI is InChI=1S/C30H24Cl2N2O6S/c1-15(2)39-29(37)25-16(3)33-30-34(26(25)17-5-7-18(31)8-6-17)27(35)24(41-30)14-20-10-12-23(40-20)22-13-19(32)9-11-21(22)28(36)38-4/h5-15,26H,1-4H3/b24-14+/t26-/m0/s1. The Kier molecular flexibility index (Phi) is 8.04. The molecule has 0 radical (unpaired) electrons. The van der Waals surface area contributed by atoms with Crippen molar-refractivity contribution in [3.05, 3.63) is 112 Å². The number of nitrogens with zero attached hydrogens (tertiary/aromatic N) is 2. The second-order valence-corrected chi connectivity index (χ2v) is 11.4. The van der Waals surface area contributed by atoms with E-state index >= 15 is 0 Å². The van der Waals surface area contributed by atoms with Gasteiger partial charge in [-0.3, -0.25) is 9.36 Å². The number of esters is 2. The van der Waals surface area contributed by atoms with E-state index in [1.807, 2.05) is 0 Å². The lowest BCUT2D eigenvalue weighted by molar-refractivity contribution is -0.143. The molecule has 1 aliphatic heterocycles. The van der Waals surface area contributed by atoms with Crippen LogP contribution in [0.25, 0.3) is 17.4 Å². The normalized spacial score (nSPS) is 15.1. The summed E-state index contributed by atoms with van der Waals surface area (Å²) in [5.41, 5.74) is 1.81. The van der Waals surface area contributed by atoms with E-state index in [-0.39, 0.29) is 22.8 Å². The van der Waals surface area contributed by atoms with Gasteiger partial charge >= 0.3 is 11.9 Å². The topological polar surface area (TPSA) is 100 Å². The van der Waals surface area contributed by atoms with Gasteiger partial charge in [0.15, 0.2) is 4.80 Å². The predicted octanol–water partition coefficient (Wildman–Crippen LogP) is 5.54. The van der Waals surface area contributed by atoms with E-state index < -0.39 is 18.0 Å². The van der Waals surface area contributed by atoms with Crippen LogP contribution < -0.4 is 14.9 Å². The second kappa shape index (κ2) is 11.5. The highest BCUT2D eigenvalue weighted by Crippen LogP contribution is 2.32. The van der Waals surface area contributed by atoms with Crippen LogP contribution in [0.1, 0.15) is 48.5 Å². The van der Waals surface area contributed by atoms with Crippen LogP contribution in [0.2, 0.25) is 10.0 Å². The second-order valence-electron chi connectivity index (χ2n) is 9.47. The zero-order chi connectivity index (χ0) is 29.4. The Balaban J connectivity index is 1.63. The van der Waals surface area contributed by atoms with Crippen LogP contribution in [0.4, 0.5) is 0 Å². The molecular weight excluding hydrogens is 587 g/mol. The third-order valence-corrected chi connectivity index (χ3v) is 7.79. The number of allylic oxidation sites excluding steroid dienone is 1.